The minimum absolute atomic E-state index is 0.0171. The smallest absolute Gasteiger partial charge is 0.410 e. The lowest BCUT2D eigenvalue weighted by Gasteiger charge is -2.67. The lowest BCUT2D eigenvalue weighted by atomic mass is 9.44. The summed E-state index contributed by atoms with van der Waals surface area (Å²) in [6.45, 7) is 14.9. The van der Waals surface area contributed by atoms with Crippen molar-refractivity contribution in [3.8, 4) is 0 Å². The zero-order valence-electron chi connectivity index (χ0n) is 62.7. The van der Waals surface area contributed by atoms with E-state index in [0.717, 1.165) is 9.80 Å². The van der Waals surface area contributed by atoms with E-state index in [9.17, 15) is 58.2 Å². The number of ketones is 1. The van der Waals surface area contributed by atoms with Crippen LogP contribution in [0, 0.1) is 22.7 Å². The summed E-state index contributed by atoms with van der Waals surface area (Å²) in [6.07, 6.45) is -14.4. The van der Waals surface area contributed by atoms with Gasteiger partial charge in [0.15, 0.2) is 17.5 Å². The number of urea groups is 1. The Labute approximate surface area is 620 Å². The number of likely N-dealkylation sites (N-methyl/N-ethyl adjacent to an activating group) is 2. The molecule has 3 aromatic carbocycles. The summed E-state index contributed by atoms with van der Waals surface area (Å²) in [5.41, 5.74) is -2.00. The van der Waals surface area contributed by atoms with Gasteiger partial charge in [0.25, 0.3) is 0 Å². The Balaban J connectivity index is 1.01. The number of nitrogens with one attached hydrogen (secondary N) is 5. The number of esters is 3. The van der Waals surface area contributed by atoms with Crippen LogP contribution >= 0.6 is 0 Å². The molecule has 15 atom stereocenters. The molecule has 2 unspecified atom stereocenters. The standard InChI is InChI=1S/C75H100N8O24/c1-40(2)54(80-62(87)48-31-32-49(102-48)64(89)90)63(88)79-47(26-21-33-77-67(76)93)61(86)78-46-29-27-43(28-30-46)38-100-69(95)82(11)34-35-83(12)70(96)104-57(55(44-22-17-15-18-23-44)81-68(94)107-71(5,6)7)66(92)103-50-37-75(97)60(105-65(91)45-24-19-16-20-25-45)58-73(10,59(85)56(99-14)53(41(50)3)72(75,8)9)51(98-13)36-52-74(58,39-101-52)106-42(4)84/h15-20,22-25,27-30,40,47-52,54-58,60,97H,21,26,31-39H2,1-14H3,(H,78,86)(H,79,88)(H,80,87)(H,81,94)(H,89,90)(H3,76,77,93)/t47-,48?,49?,50-,51-,52+,54-,55-,56+,57+,58-,60-,73+,74-,75+/m0/s1. The van der Waals surface area contributed by atoms with E-state index in [1.807, 2.05) is 0 Å². The lowest BCUT2D eigenvalue weighted by molar-refractivity contribution is -0.347. The monoisotopic (exact) mass is 1500 g/mol. The second-order valence-electron chi connectivity index (χ2n) is 29.7. The van der Waals surface area contributed by atoms with Crippen molar-refractivity contribution >= 4 is 77.4 Å². The number of carboxylic acid groups (broad SMARTS) is 1. The molecule has 3 aromatic rings. The van der Waals surface area contributed by atoms with E-state index in [2.05, 4.69) is 26.6 Å². The topological polar surface area (TPSA) is 430 Å². The molecule has 0 spiro atoms. The second-order valence-corrected chi connectivity index (χ2v) is 29.7. The van der Waals surface area contributed by atoms with E-state index in [1.54, 1.807) is 123 Å². The molecule has 4 fully saturated rings. The number of primary amides is 1. The molecule has 2 aliphatic heterocycles. The number of carboxylic acids is 1. The molecule has 32 nitrogen and oxygen atoms in total. The summed E-state index contributed by atoms with van der Waals surface area (Å²) >= 11 is 0. The maximum Gasteiger partial charge on any atom is 0.410 e. The van der Waals surface area contributed by atoms with E-state index in [1.165, 1.54) is 59.5 Å². The van der Waals surface area contributed by atoms with Crippen molar-refractivity contribution in [2.45, 2.75) is 198 Å². The Hall–Kier alpha value is -9.76. The first kappa shape index (κ1) is 82.9. The minimum atomic E-state index is -2.40. The van der Waals surface area contributed by atoms with Gasteiger partial charge in [0.2, 0.25) is 23.8 Å². The molecule has 32 heteroatoms. The molecule has 8 amide bonds. The van der Waals surface area contributed by atoms with Gasteiger partial charge in [-0.3, -0.25) is 24.0 Å². The molecule has 9 N–H and O–H groups in total. The molecule has 107 heavy (non-hydrogen) atoms. The number of rotatable bonds is 28. The number of anilines is 1. The molecule has 0 aromatic heterocycles. The van der Waals surface area contributed by atoms with Gasteiger partial charge in [-0.1, -0.05) is 88.4 Å². The lowest BCUT2D eigenvalue weighted by Crippen LogP contribution is -2.82. The number of fused-ring (bicyclic) bond motifs is 5. The highest BCUT2D eigenvalue weighted by atomic mass is 16.6. The average Bonchev–Trinajstić information content (AvgIpc) is 1.12. The molecule has 8 rings (SSSR count). The Bertz CT molecular complexity index is 3810. The number of aliphatic carboxylic acids is 1. The highest BCUT2D eigenvalue weighted by Gasteiger charge is 2.78. The molecule has 0 radical (unpaired) electrons. The van der Waals surface area contributed by atoms with Gasteiger partial charge >= 0.3 is 48.2 Å². The molecule has 2 bridgehead atoms. The van der Waals surface area contributed by atoms with Crippen molar-refractivity contribution in [2.24, 2.45) is 28.4 Å². The first-order chi connectivity index (χ1) is 50.3. The van der Waals surface area contributed by atoms with Crippen molar-refractivity contribution in [1.82, 2.24) is 31.1 Å². The van der Waals surface area contributed by atoms with Gasteiger partial charge in [-0.2, -0.15) is 0 Å². The molecular formula is C75H100N8O24. The van der Waals surface area contributed by atoms with Gasteiger partial charge in [-0.25, -0.2) is 33.6 Å². The van der Waals surface area contributed by atoms with Crippen molar-refractivity contribution < 1.29 is 115 Å². The van der Waals surface area contributed by atoms with E-state index in [4.69, 9.17) is 53.1 Å². The van der Waals surface area contributed by atoms with Crippen molar-refractivity contribution in [1.29, 1.82) is 0 Å². The summed E-state index contributed by atoms with van der Waals surface area (Å²) in [7, 11) is 5.42. The normalized spacial score (nSPS) is 26.0. The van der Waals surface area contributed by atoms with Crippen LogP contribution in [0.4, 0.5) is 24.9 Å². The average molecular weight is 1500 g/mol. The molecule has 584 valence electrons. The molecule has 2 saturated heterocycles. The Morgan fingerprint density at radius 2 is 1.42 bits per heavy atom. The van der Waals surface area contributed by atoms with Crippen molar-refractivity contribution in [3.05, 3.63) is 113 Å². The number of methoxy groups -OCH3 is 2. The number of ether oxygens (including phenoxy) is 10. The van der Waals surface area contributed by atoms with Crippen LogP contribution in [0.25, 0.3) is 0 Å². The van der Waals surface area contributed by atoms with Crippen LogP contribution in [0.5, 0.6) is 0 Å². The van der Waals surface area contributed by atoms with Gasteiger partial charge < -0.3 is 99.7 Å². The first-order valence-electron chi connectivity index (χ1n) is 35.4. The van der Waals surface area contributed by atoms with Gasteiger partial charge in [-0.05, 0) is 113 Å². The van der Waals surface area contributed by atoms with Crippen LogP contribution in [0.2, 0.25) is 0 Å². The van der Waals surface area contributed by atoms with Crippen LogP contribution in [0.1, 0.15) is 135 Å². The number of amides is 8. The van der Waals surface area contributed by atoms with E-state index in [0.29, 0.717) is 5.56 Å². The molecular weight excluding hydrogens is 1400 g/mol. The van der Waals surface area contributed by atoms with Crippen LogP contribution in [-0.4, -0.2) is 224 Å². The summed E-state index contributed by atoms with van der Waals surface area (Å²) in [5, 5.41) is 36.7. The molecule has 2 heterocycles. The Morgan fingerprint density at radius 1 is 0.794 bits per heavy atom. The number of benzene rings is 3. The second kappa shape index (κ2) is 34.4. The third-order valence-electron chi connectivity index (χ3n) is 20.7. The maximum absolute atomic E-state index is 16.0. The van der Waals surface area contributed by atoms with E-state index >= 15 is 9.59 Å². The largest absolute Gasteiger partial charge is 0.479 e. The number of hydrogen-bond acceptors (Lipinski definition) is 23. The summed E-state index contributed by atoms with van der Waals surface area (Å²) < 4.78 is 60.6. The number of nitrogens with two attached hydrogens (primary N) is 1. The molecule has 3 aliphatic carbocycles. The summed E-state index contributed by atoms with van der Waals surface area (Å²) in [5.74, 6) is -8.78. The Morgan fingerprint density at radius 3 is 1.98 bits per heavy atom. The summed E-state index contributed by atoms with van der Waals surface area (Å²) in [6, 6.07) is 17.3. The van der Waals surface area contributed by atoms with Crippen LogP contribution < -0.4 is 32.3 Å². The third-order valence-corrected chi connectivity index (χ3v) is 20.7. The molecule has 5 aliphatic rings. The molecule has 2 saturated carbocycles. The quantitative estimate of drug-likeness (QED) is 0.0191. The van der Waals surface area contributed by atoms with Crippen LogP contribution in [-0.2, 0) is 87.5 Å². The van der Waals surface area contributed by atoms with Gasteiger partial charge in [0.1, 0.15) is 66.5 Å². The zero-order chi connectivity index (χ0) is 78.8. The van der Waals surface area contributed by atoms with Gasteiger partial charge in [-0.15, -0.1) is 0 Å². The van der Waals surface area contributed by atoms with Gasteiger partial charge in [0, 0.05) is 78.8 Å². The predicted molar refractivity (Wildman–Crippen MR) is 379 cm³/mol. The zero-order valence-corrected chi connectivity index (χ0v) is 62.7. The van der Waals surface area contributed by atoms with Crippen LogP contribution in [0.3, 0.4) is 0 Å². The number of Topliss-reactive ketones (excluding diaryl/α,β-unsaturated/α-hetero) is 1. The Kier molecular flexibility index (Phi) is 26.7. The van der Waals surface area contributed by atoms with Crippen molar-refractivity contribution in [3.63, 3.8) is 0 Å². The maximum atomic E-state index is 16.0. The number of carbonyl (C=O) groups excluding carboxylic acids is 11. The number of aliphatic hydroxyl groups is 1. The first-order valence-corrected chi connectivity index (χ1v) is 35.4. The number of carbonyl (C=O) groups is 12. The van der Waals surface area contributed by atoms with Crippen molar-refractivity contribution in [2.75, 3.05) is 59.9 Å². The predicted octanol–water partition coefficient (Wildman–Crippen LogP) is 5.56. The highest BCUT2D eigenvalue weighted by molar-refractivity contribution is 5.99. The van der Waals surface area contributed by atoms with E-state index in [-0.39, 0.29) is 92.9 Å². The number of hydrogen-bond donors (Lipinski definition) is 8. The fourth-order valence-corrected chi connectivity index (χ4v) is 14.9. The number of nitrogens with zero attached hydrogens (tertiary/aromatic N) is 2. The van der Waals surface area contributed by atoms with Gasteiger partial charge in [0.05, 0.1) is 29.6 Å². The third kappa shape index (κ3) is 18.6. The minimum Gasteiger partial charge on any atom is -0.479 e. The highest BCUT2D eigenvalue weighted by Crippen LogP contribution is 2.65. The fourth-order valence-electron chi connectivity index (χ4n) is 14.9. The number of alkyl carbamates (subject to hydrolysis) is 1. The van der Waals surface area contributed by atoms with E-state index < -0.39 is 185 Å². The SMILES string of the molecule is CO[C@H]1C(=O)[C@]2(C)[C@@H](OC)C[C@H]3OC[C@@]3(OC(C)=O)[C@H]2[C@H](OC(=O)c2ccccc2)[C@]2(O)C[C@H](OC(=O)[C@H](OC(=O)N(C)CCN(C)C(=O)OCc3ccc(NC(=O)[C@H](CCCNC(N)=O)NC(=O)[C@@H](NC(=O)C4CCC(C(=O)O)O4)C(C)C)cc3)[C@@H](NC(=O)OC(C)(C)C)c3ccccc3)C(C)=C1C2(C)C. The summed E-state index contributed by atoms with van der Waals surface area (Å²) in [4.78, 5) is 168. The fraction of sp³-hybridized carbons (Fsp3) is 0.573. The van der Waals surface area contributed by atoms with Crippen LogP contribution in [0.15, 0.2) is 96.1 Å².